The lowest BCUT2D eigenvalue weighted by molar-refractivity contribution is 0.144. The number of rotatable bonds is 3. The smallest absolute Gasteiger partial charge is 0.280 e. The molecule has 0 atom stereocenters. The molecule has 78 valence electrons. The van der Waals surface area contributed by atoms with Crippen LogP contribution in [-0.4, -0.2) is 17.2 Å². The number of methoxy groups -OCH3 is 1. The Hall–Kier alpha value is -0.910. The Labute approximate surface area is 87.9 Å². The maximum absolute atomic E-state index is 12.3. The molecule has 0 aliphatic carbocycles. The van der Waals surface area contributed by atoms with Gasteiger partial charge >= 0.3 is 0 Å². The highest BCUT2D eigenvalue weighted by molar-refractivity contribution is 9.08. The lowest BCUT2D eigenvalue weighted by Gasteiger charge is -2.08. The summed E-state index contributed by atoms with van der Waals surface area (Å²) in [6, 6.07) is 1.14. The molecule has 0 spiro atoms. The minimum atomic E-state index is -2.68. The summed E-state index contributed by atoms with van der Waals surface area (Å²) in [4.78, 5) is 3.46. The van der Waals surface area contributed by atoms with Gasteiger partial charge in [0.1, 0.15) is 5.69 Å². The van der Waals surface area contributed by atoms with E-state index in [1.165, 1.54) is 7.11 Å². The van der Waals surface area contributed by atoms with E-state index >= 15 is 0 Å². The van der Waals surface area contributed by atoms with E-state index < -0.39 is 12.1 Å². The quantitative estimate of drug-likeness (QED) is 0.857. The summed E-state index contributed by atoms with van der Waals surface area (Å²) < 4.78 is 29.3. The van der Waals surface area contributed by atoms with Gasteiger partial charge in [-0.15, -0.1) is 0 Å². The van der Waals surface area contributed by atoms with Gasteiger partial charge in [0.15, 0.2) is 5.75 Å². The van der Waals surface area contributed by atoms with Gasteiger partial charge in [0, 0.05) is 10.9 Å². The summed E-state index contributed by atoms with van der Waals surface area (Å²) in [7, 11) is 1.26. The second kappa shape index (κ2) is 4.54. The maximum Gasteiger partial charge on any atom is 0.280 e. The molecule has 0 bridgehead atoms. The van der Waals surface area contributed by atoms with Crippen molar-refractivity contribution in [3.63, 3.8) is 0 Å². The van der Waals surface area contributed by atoms with E-state index in [2.05, 4.69) is 25.7 Å². The summed E-state index contributed by atoms with van der Waals surface area (Å²) >= 11 is 3.07. The van der Waals surface area contributed by atoms with E-state index in [0.29, 0.717) is 5.56 Å². The first-order chi connectivity index (χ1) is 6.60. The van der Waals surface area contributed by atoms with Crippen molar-refractivity contribution in [3.8, 4) is 11.6 Å². The predicted molar refractivity (Wildman–Crippen MR) is 50.0 cm³/mol. The van der Waals surface area contributed by atoms with Gasteiger partial charge in [0.25, 0.3) is 12.3 Å². The third-order valence-corrected chi connectivity index (χ3v) is 2.22. The van der Waals surface area contributed by atoms with Crippen LogP contribution >= 0.6 is 15.9 Å². The van der Waals surface area contributed by atoms with Crippen molar-refractivity contribution in [1.29, 1.82) is 0 Å². The highest BCUT2D eigenvalue weighted by Gasteiger charge is 2.16. The number of ether oxygens (including phenoxy) is 1. The highest BCUT2D eigenvalue weighted by Crippen LogP contribution is 2.32. The molecule has 3 nitrogen and oxygen atoms in total. The number of alkyl halides is 3. The number of hydrogen-bond donors (Lipinski definition) is 1. The van der Waals surface area contributed by atoms with Crippen molar-refractivity contribution in [2.24, 2.45) is 0 Å². The molecule has 0 unspecified atom stereocenters. The molecule has 0 saturated carbocycles. The molecule has 0 radical (unpaired) electrons. The summed E-state index contributed by atoms with van der Waals surface area (Å²) in [5.74, 6) is -0.397. The third-order valence-electron chi connectivity index (χ3n) is 1.62. The van der Waals surface area contributed by atoms with Crippen LogP contribution in [0.25, 0.3) is 0 Å². The molecule has 0 amide bonds. The minimum absolute atomic E-state index is 0.183. The van der Waals surface area contributed by atoms with Crippen LogP contribution in [0.2, 0.25) is 0 Å². The number of pyridine rings is 1. The van der Waals surface area contributed by atoms with Crippen LogP contribution < -0.4 is 4.74 Å². The van der Waals surface area contributed by atoms with Crippen molar-refractivity contribution in [2.45, 2.75) is 11.8 Å². The monoisotopic (exact) mass is 267 g/mol. The van der Waals surface area contributed by atoms with Crippen molar-refractivity contribution in [2.75, 3.05) is 7.11 Å². The lowest BCUT2D eigenvalue weighted by Crippen LogP contribution is -1.97. The van der Waals surface area contributed by atoms with E-state index in [4.69, 9.17) is 0 Å². The second-order valence-electron chi connectivity index (χ2n) is 2.50. The van der Waals surface area contributed by atoms with Crippen LogP contribution in [0.15, 0.2) is 6.07 Å². The van der Waals surface area contributed by atoms with Crippen LogP contribution in [0.5, 0.6) is 11.6 Å². The van der Waals surface area contributed by atoms with Crippen molar-refractivity contribution in [3.05, 3.63) is 17.3 Å². The first-order valence-electron chi connectivity index (χ1n) is 3.71. The zero-order valence-corrected chi connectivity index (χ0v) is 8.88. The van der Waals surface area contributed by atoms with E-state index in [1.54, 1.807) is 0 Å². The average Bonchev–Trinajstić information content (AvgIpc) is 2.17. The topological polar surface area (TPSA) is 42.4 Å². The largest absolute Gasteiger partial charge is 0.503 e. The second-order valence-corrected chi connectivity index (χ2v) is 3.06. The Balaban J connectivity index is 3.25. The third kappa shape index (κ3) is 2.12. The van der Waals surface area contributed by atoms with Gasteiger partial charge in [-0.1, -0.05) is 15.9 Å². The SMILES string of the molecule is COc1nc(C(F)F)cc(CBr)c1O. The van der Waals surface area contributed by atoms with Gasteiger partial charge < -0.3 is 9.84 Å². The molecule has 0 aliphatic rings. The van der Waals surface area contributed by atoms with Crippen molar-refractivity contribution in [1.82, 2.24) is 4.98 Å². The molecular formula is C8H8BrF2NO2. The number of aromatic hydroxyl groups is 1. The Bertz CT molecular complexity index is 308. The van der Waals surface area contributed by atoms with Gasteiger partial charge in [0.2, 0.25) is 0 Å². The molecule has 1 aromatic heterocycles. The molecule has 1 aromatic rings. The number of hydrogen-bond acceptors (Lipinski definition) is 3. The highest BCUT2D eigenvalue weighted by atomic mass is 79.9. The Morgan fingerprint density at radius 1 is 1.64 bits per heavy atom. The predicted octanol–water partition coefficient (Wildman–Crippen LogP) is 2.63. The van der Waals surface area contributed by atoms with Crippen LogP contribution in [0.4, 0.5) is 8.78 Å². The van der Waals surface area contributed by atoms with Crippen LogP contribution in [-0.2, 0) is 5.33 Å². The standard InChI is InChI=1S/C8H8BrF2NO2/c1-14-8-6(13)4(3-9)2-5(12-8)7(10)11/h2,7,13H,3H2,1H3. The molecule has 6 heteroatoms. The molecule has 0 fully saturated rings. The van der Waals surface area contributed by atoms with Gasteiger partial charge in [-0.2, -0.15) is 0 Å². The van der Waals surface area contributed by atoms with Crippen molar-refractivity contribution >= 4 is 15.9 Å². The molecule has 0 saturated heterocycles. The molecule has 1 heterocycles. The number of aromatic nitrogens is 1. The molecule has 1 rings (SSSR count). The maximum atomic E-state index is 12.3. The van der Waals surface area contributed by atoms with Gasteiger partial charge in [-0.3, -0.25) is 0 Å². The van der Waals surface area contributed by atoms with E-state index in [9.17, 15) is 13.9 Å². The summed E-state index contributed by atoms with van der Waals surface area (Å²) in [5.41, 5.74) is -0.0822. The first kappa shape index (κ1) is 11.2. The van der Waals surface area contributed by atoms with Crippen LogP contribution in [0.1, 0.15) is 17.7 Å². The fourth-order valence-electron chi connectivity index (χ4n) is 0.943. The summed E-state index contributed by atoms with van der Waals surface area (Å²) in [6.45, 7) is 0. The minimum Gasteiger partial charge on any atom is -0.503 e. The summed E-state index contributed by atoms with van der Waals surface area (Å²) in [6.07, 6.45) is -2.68. The molecule has 14 heavy (non-hydrogen) atoms. The zero-order valence-electron chi connectivity index (χ0n) is 7.30. The van der Waals surface area contributed by atoms with Gasteiger partial charge in [-0.25, -0.2) is 13.8 Å². The average molecular weight is 268 g/mol. The zero-order chi connectivity index (χ0) is 10.7. The fourth-order valence-corrected chi connectivity index (χ4v) is 1.37. The summed E-state index contributed by atoms with van der Waals surface area (Å²) in [5, 5.41) is 9.69. The van der Waals surface area contributed by atoms with E-state index in [1.807, 2.05) is 0 Å². The van der Waals surface area contributed by atoms with Gasteiger partial charge in [0.05, 0.1) is 7.11 Å². The first-order valence-corrected chi connectivity index (χ1v) is 4.83. The van der Waals surface area contributed by atoms with E-state index in [0.717, 1.165) is 6.07 Å². The normalized spacial score (nSPS) is 10.6. The molecular weight excluding hydrogens is 260 g/mol. The molecule has 0 aliphatic heterocycles. The molecule has 1 N–H and O–H groups in total. The van der Waals surface area contributed by atoms with Gasteiger partial charge in [-0.05, 0) is 6.07 Å². The van der Waals surface area contributed by atoms with E-state index in [-0.39, 0.29) is 17.0 Å². The number of halogens is 3. The lowest BCUT2D eigenvalue weighted by atomic mass is 10.2. The Kier molecular flexibility index (Phi) is 3.62. The van der Waals surface area contributed by atoms with Crippen LogP contribution in [0.3, 0.4) is 0 Å². The molecule has 0 aromatic carbocycles. The van der Waals surface area contributed by atoms with Crippen LogP contribution in [0, 0.1) is 0 Å². The number of nitrogens with zero attached hydrogens (tertiary/aromatic N) is 1. The van der Waals surface area contributed by atoms with Crippen molar-refractivity contribution < 1.29 is 18.6 Å². The Morgan fingerprint density at radius 3 is 2.71 bits per heavy atom. The Morgan fingerprint density at radius 2 is 2.29 bits per heavy atom. The fraction of sp³-hybridized carbons (Fsp3) is 0.375.